The van der Waals surface area contributed by atoms with Crippen molar-refractivity contribution in [3.05, 3.63) is 90.0 Å². The van der Waals surface area contributed by atoms with Crippen LogP contribution >= 0.6 is 0 Å². The van der Waals surface area contributed by atoms with E-state index in [1.54, 1.807) is 60.7 Å². The van der Waals surface area contributed by atoms with Crippen LogP contribution in [0, 0.1) is 0 Å². The summed E-state index contributed by atoms with van der Waals surface area (Å²) in [5.41, 5.74) is 2.19. The zero-order chi connectivity index (χ0) is 26.8. The maximum Gasteiger partial charge on any atom is 0.461 e. The third-order valence-corrected chi connectivity index (χ3v) is 6.01. The van der Waals surface area contributed by atoms with Crippen molar-refractivity contribution in [2.24, 2.45) is 0 Å². The molecule has 1 N–H and O–H groups in total. The fourth-order valence-corrected chi connectivity index (χ4v) is 4.30. The molecule has 4 nitrogen and oxygen atoms in total. The van der Waals surface area contributed by atoms with Gasteiger partial charge in [0.15, 0.2) is 6.10 Å². The maximum absolute atomic E-state index is 13.4. The SMILES string of the molecule is O[C@H](CN1c2ccccc2N(Cc2cccc(OC(F)(F)C(F)F)c2)C[C@H]1c1ccccc1)C(F)(F)F. The summed E-state index contributed by atoms with van der Waals surface area (Å²) in [6, 6.07) is 20.3. The predicted octanol–water partition coefficient (Wildman–Crippen LogP) is 6.41. The molecule has 3 aromatic carbocycles. The van der Waals surface area contributed by atoms with Crippen LogP contribution in [0.3, 0.4) is 0 Å². The molecule has 0 fully saturated rings. The van der Waals surface area contributed by atoms with Crippen molar-refractivity contribution in [2.75, 3.05) is 22.9 Å². The molecule has 4 rings (SSSR count). The van der Waals surface area contributed by atoms with E-state index in [-0.39, 0.29) is 13.1 Å². The number of anilines is 2. The average molecular weight is 528 g/mol. The topological polar surface area (TPSA) is 35.9 Å². The quantitative estimate of drug-likeness (QED) is 0.343. The number of rotatable bonds is 8. The van der Waals surface area contributed by atoms with Gasteiger partial charge in [0.25, 0.3) is 0 Å². The summed E-state index contributed by atoms with van der Waals surface area (Å²) >= 11 is 0. The van der Waals surface area contributed by atoms with Crippen LogP contribution in [-0.2, 0) is 6.54 Å². The van der Waals surface area contributed by atoms with Gasteiger partial charge in [0.1, 0.15) is 5.75 Å². The van der Waals surface area contributed by atoms with Crippen LogP contribution < -0.4 is 14.5 Å². The van der Waals surface area contributed by atoms with Crippen LogP contribution in [-0.4, -0.2) is 43.0 Å². The van der Waals surface area contributed by atoms with E-state index in [9.17, 15) is 35.8 Å². The lowest BCUT2D eigenvalue weighted by molar-refractivity contribution is -0.253. The predicted molar refractivity (Wildman–Crippen MR) is 124 cm³/mol. The average Bonchev–Trinajstić information content (AvgIpc) is 2.85. The monoisotopic (exact) mass is 528 g/mol. The Labute approximate surface area is 208 Å². The van der Waals surface area contributed by atoms with Crippen LogP contribution in [0.15, 0.2) is 78.9 Å². The van der Waals surface area contributed by atoms with Crippen molar-refractivity contribution >= 4 is 11.4 Å². The van der Waals surface area contributed by atoms with Crippen LogP contribution in [0.1, 0.15) is 17.2 Å². The number of hydrogen-bond acceptors (Lipinski definition) is 4. The molecule has 0 radical (unpaired) electrons. The highest BCUT2D eigenvalue weighted by Crippen LogP contribution is 2.42. The molecule has 1 aliphatic rings. The van der Waals surface area contributed by atoms with Crippen LogP contribution in [0.5, 0.6) is 5.75 Å². The highest BCUT2D eigenvalue weighted by Gasteiger charge is 2.44. The van der Waals surface area contributed by atoms with Crippen molar-refractivity contribution in [1.29, 1.82) is 0 Å². The van der Waals surface area contributed by atoms with E-state index in [2.05, 4.69) is 4.74 Å². The van der Waals surface area contributed by atoms with Gasteiger partial charge in [0.05, 0.1) is 24.0 Å². The minimum Gasteiger partial charge on any atom is -0.428 e. The third kappa shape index (κ3) is 6.10. The molecule has 11 heteroatoms. The number of aliphatic hydroxyl groups excluding tert-OH is 1. The van der Waals surface area contributed by atoms with Gasteiger partial charge in [-0.3, -0.25) is 0 Å². The lowest BCUT2D eigenvalue weighted by atomic mass is 9.98. The van der Waals surface area contributed by atoms with Gasteiger partial charge in [-0.05, 0) is 35.4 Å². The Kier molecular flexibility index (Phi) is 7.54. The summed E-state index contributed by atoms with van der Waals surface area (Å²) < 4.78 is 96.0. The number of hydrogen-bond donors (Lipinski definition) is 1. The Morgan fingerprint density at radius 1 is 0.865 bits per heavy atom. The molecular weight excluding hydrogens is 505 g/mol. The number of para-hydroxylation sites is 2. The van der Waals surface area contributed by atoms with Gasteiger partial charge < -0.3 is 19.6 Å². The third-order valence-electron chi connectivity index (χ3n) is 6.01. The smallest absolute Gasteiger partial charge is 0.428 e. The number of β-amino-alcohol motifs (C(OH)–C–C–N with tert-alkyl or cyclic N) is 1. The lowest BCUT2D eigenvalue weighted by Gasteiger charge is -2.45. The number of alkyl halides is 7. The second-order valence-corrected chi connectivity index (χ2v) is 8.62. The molecule has 0 aromatic heterocycles. The number of ether oxygens (including phenoxy) is 1. The Morgan fingerprint density at radius 3 is 2.16 bits per heavy atom. The van der Waals surface area contributed by atoms with Gasteiger partial charge in [0, 0.05) is 13.1 Å². The fraction of sp³-hybridized carbons (Fsp3) is 0.308. The lowest BCUT2D eigenvalue weighted by Crippen LogP contribution is -2.49. The molecule has 0 bridgehead atoms. The van der Waals surface area contributed by atoms with Crippen molar-refractivity contribution in [3.63, 3.8) is 0 Å². The number of fused-ring (bicyclic) bond motifs is 1. The van der Waals surface area contributed by atoms with E-state index in [0.717, 1.165) is 6.07 Å². The molecule has 0 unspecified atom stereocenters. The van der Waals surface area contributed by atoms with Gasteiger partial charge >= 0.3 is 18.7 Å². The summed E-state index contributed by atoms with van der Waals surface area (Å²) in [4.78, 5) is 3.36. The first-order valence-electron chi connectivity index (χ1n) is 11.3. The van der Waals surface area contributed by atoms with Crippen LogP contribution in [0.4, 0.5) is 42.1 Å². The van der Waals surface area contributed by atoms with Gasteiger partial charge in [0.2, 0.25) is 0 Å². The summed E-state index contributed by atoms with van der Waals surface area (Å²) in [5.74, 6) is -0.442. The van der Waals surface area contributed by atoms with Gasteiger partial charge in [-0.1, -0.05) is 54.6 Å². The standard InChI is InChI=1S/C26H23F7N2O2/c27-24(28)26(32,33)37-19-10-6-7-17(13-19)14-34-15-22(18-8-2-1-3-9-18)35(16-23(36)25(29,30)31)21-12-5-4-11-20(21)34/h1-13,22-24,36H,14-16H2/t22-,23+/m0/s1. The second kappa shape index (κ2) is 10.5. The summed E-state index contributed by atoms with van der Waals surface area (Å²) in [6.07, 6.45) is -16.1. The maximum atomic E-state index is 13.4. The first-order chi connectivity index (χ1) is 17.5. The van der Waals surface area contributed by atoms with Crippen LogP contribution in [0.2, 0.25) is 0 Å². The molecule has 0 amide bonds. The van der Waals surface area contributed by atoms with E-state index in [1.807, 2.05) is 4.90 Å². The van der Waals surface area contributed by atoms with E-state index < -0.39 is 43.2 Å². The number of halogens is 7. The zero-order valence-electron chi connectivity index (χ0n) is 19.3. The zero-order valence-corrected chi connectivity index (χ0v) is 19.3. The molecule has 3 aromatic rings. The number of nitrogens with zero attached hydrogens (tertiary/aromatic N) is 2. The van der Waals surface area contributed by atoms with E-state index in [4.69, 9.17) is 0 Å². The molecule has 0 aliphatic carbocycles. The number of benzene rings is 3. The van der Waals surface area contributed by atoms with E-state index in [0.29, 0.717) is 22.5 Å². The molecule has 2 atom stereocenters. The second-order valence-electron chi connectivity index (χ2n) is 8.62. The minimum absolute atomic E-state index is 0.132. The molecule has 0 saturated carbocycles. The summed E-state index contributed by atoms with van der Waals surface area (Å²) in [6.45, 7) is -0.364. The van der Waals surface area contributed by atoms with Crippen molar-refractivity contribution in [2.45, 2.75) is 37.4 Å². The van der Waals surface area contributed by atoms with Gasteiger partial charge in [-0.25, -0.2) is 0 Å². The summed E-state index contributed by atoms with van der Waals surface area (Å²) in [5, 5.41) is 9.88. The van der Waals surface area contributed by atoms with Gasteiger partial charge in [-0.2, -0.15) is 30.7 Å². The fourth-order valence-electron chi connectivity index (χ4n) is 4.30. The molecule has 1 heterocycles. The van der Waals surface area contributed by atoms with Crippen molar-refractivity contribution in [3.8, 4) is 5.75 Å². The highest BCUT2D eigenvalue weighted by atomic mass is 19.4. The molecule has 0 saturated heterocycles. The minimum atomic E-state index is -4.81. The highest BCUT2D eigenvalue weighted by molar-refractivity contribution is 5.74. The molecular formula is C26H23F7N2O2. The summed E-state index contributed by atoms with van der Waals surface area (Å²) in [7, 11) is 0. The van der Waals surface area contributed by atoms with Crippen LogP contribution in [0.25, 0.3) is 0 Å². The molecule has 37 heavy (non-hydrogen) atoms. The Morgan fingerprint density at radius 2 is 1.51 bits per heavy atom. The van der Waals surface area contributed by atoms with E-state index >= 15 is 0 Å². The normalized spacial score (nSPS) is 17.1. The molecule has 0 spiro atoms. The molecule has 1 aliphatic heterocycles. The van der Waals surface area contributed by atoms with E-state index in [1.165, 1.54) is 17.0 Å². The van der Waals surface area contributed by atoms with Gasteiger partial charge in [-0.15, -0.1) is 0 Å². The van der Waals surface area contributed by atoms with Crippen molar-refractivity contribution < 1.29 is 40.6 Å². The first-order valence-corrected chi connectivity index (χ1v) is 11.3. The Hall–Kier alpha value is -3.47. The largest absolute Gasteiger partial charge is 0.461 e. The number of aliphatic hydroxyl groups is 1. The molecule has 198 valence electrons. The Bertz CT molecular complexity index is 1190. The Balaban J connectivity index is 1.68. The first kappa shape index (κ1) is 26.6. The van der Waals surface area contributed by atoms with Crippen molar-refractivity contribution in [1.82, 2.24) is 0 Å².